The minimum Gasteiger partial charge on any atom is -0.462 e. The molecule has 9 nitrogen and oxygen atoms in total. The van der Waals surface area contributed by atoms with Gasteiger partial charge in [0.05, 0.1) is 25.6 Å². The lowest BCUT2D eigenvalue weighted by Crippen LogP contribution is -2.22. The fourth-order valence-corrected chi connectivity index (χ4v) is 4.44. The summed E-state index contributed by atoms with van der Waals surface area (Å²) in [4.78, 5) is 41.5. The molecule has 0 N–H and O–H groups in total. The molecule has 0 aliphatic rings. The molecule has 0 spiro atoms. The van der Waals surface area contributed by atoms with Crippen LogP contribution in [0.2, 0.25) is 0 Å². The summed E-state index contributed by atoms with van der Waals surface area (Å²) >= 11 is 1.09. The van der Waals surface area contributed by atoms with Gasteiger partial charge in [0.25, 0.3) is 5.56 Å². The Morgan fingerprint density at radius 3 is 2.84 bits per heavy atom. The highest BCUT2D eigenvalue weighted by atomic mass is 32.1. The van der Waals surface area contributed by atoms with Gasteiger partial charge in [-0.2, -0.15) is 5.10 Å². The fraction of sp³-hybridized carbons (Fsp3) is 0.286. The molecular weight excluding hydrogens is 439 g/mol. The van der Waals surface area contributed by atoms with Gasteiger partial charge in [0, 0.05) is 29.2 Å². The molecule has 0 saturated heterocycles. The molecule has 3 heterocycles. The van der Waals surface area contributed by atoms with E-state index in [-0.39, 0.29) is 47.6 Å². The van der Waals surface area contributed by atoms with E-state index >= 15 is 0 Å². The minimum atomic E-state index is -0.603. The van der Waals surface area contributed by atoms with E-state index in [9.17, 15) is 18.8 Å². The van der Waals surface area contributed by atoms with Gasteiger partial charge in [0.2, 0.25) is 0 Å². The second-order valence-corrected chi connectivity index (χ2v) is 7.95. The van der Waals surface area contributed by atoms with Crippen LogP contribution in [0.5, 0.6) is 0 Å². The molecule has 0 radical (unpaired) electrons. The van der Waals surface area contributed by atoms with E-state index in [0.717, 1.165) is 11.3 Å². The van der Waals surface area contributed by atoms with E-state index in [0.29, 0.717) is 15.7 Å². The molecule has 4 aromatic rings. The number of aromatic nitrogens is 4. The molecule has 0 unspecified atom stereocenters. The molecule has 11 heteroatoms. The van der Waals surface area contributed by atoms with Crippen molar-refractivity contribution >= 4 is 44.4 Å². The fourth-order valence-electron chi connectivity index (χ4n) is 3.33. The van der Waals surface area contributed by atoms with E-state index in [1.807, 2.05) is 0 Å². The number of aryl methyl sites for hydroxylation is 2. The lowest BCUT2D eigenvalue weighted by Gasteiger charge is -2.08. The highest BCUT2D eigenvalue weighted by molar-refractivity contribution is 7.21. The van der Waals surface area contributed by atoms with Crippen LogP contribution in [-0.2, 0) is 34.5 Å². The predicted molar refractivity (Wildman–Crippen MR) is 115 cm³/mol. The number of ether oxygens (including phenoxy) is 2. The lowest BCUT2D eigenvalue weighted by molar-refractivity contribution is -0.145. The Hall–Kier alpha value is -3.60. The Morgan fingerprint density at radius 1 is 1.25 bits per heavy atom. The van der Waals surface area contributed by atoms with E-state index in [4.69, 9.17) is 9.47 Å². The number of nitrogens with zero attached hydrogens (tertiary/aromatic N) is 4. The Bertz CT molecular complexity index is 1390. The van der Waals surface area contributed by atoms with Crippen molar-refractivity contribution in [1.29, 1.82) is 0 Å². The van der Waals surface area contributed by atoms with Crippen molar-refractivity contribution in [3.8, 4) is 0 Å². The van der Waals surface area contributed by atoms with Gasteiger partial charge in [0.15, 0.2) is 5.65 Å². The lowest BCUT2D eigenvalue weighted by atomic mass is 10.1. The van der Waals surface area contributed by atoms with Gasteiger partial charge in [-0.05, 0) is 19.1 Å². The van der Waals surface area contributed by atoms with E-state index in [1.165, 1.54) is 27.8 Å². The van der Waals surface area contributed by atoms with Crippen molar-refractivity contribution in [3.63, 3.8) is 0 Å². The second kappa shape index (κ2) is 8.87. The Morgan fingerprint density at radius 2 is 2.06 bits per heavy atom. The van der Waals surface area contributed by atoms with Gasteiger partial charge >= 0.3 is 11.9 Å². The number of benzene rings is 1. The Balaban J connectivity index is 1.49. The van der Waals surface area contributed by atoms with Crippen molar-refractivity contribution in [2.45, 2.75) is 26.5 Å². The second-order valence-electron chi connectivity index (χ2n) is 6.90. The largest absolute Gasteiger partial charge is 0.462 e. The molecule has 0 amide bonds. The van der Waals surface area contributed by atoms with Crippen LogP contribution in [-0.4, -0.2) is 37.9 Å². The smallest absolute Gasteiger partial charge is 0.348 e. The third-order valence-electron chi connectivity index (χ3n) is 4.88. The van der Waals surface area contributed by atoms with E-state index in [1.54, 1.807) is 26.1 Å². The van der Waals surface area contributed by atoms with Crippen molar-refractivity contribution in [3.05, 3.63) is 57.3 Å². The molecule has 0 bridgehead atoms. The summed E-state index contributed by atoms with van der Waals surface area (Å²) in [6.45, 7) is 1.60. The van der Waals surface area contributed by atoms with Crippen LogP contribution >= 0.6 is 11.3 Å². The summed E-state index contributed by atoms with van der Waals surface area (Å²) in [5.41, 5.74) is 0.406. The number of halogens is 1. The van der Waals surface area contributed by atoms with Crippen LogP contribution < -0.4 is 5.56 Å². The van der Waals surface area contributed by atoms with Crippen LogP contribution in [0, 0.1) is 5.82 Å². The van der Waals surface area contributed by atoms with Crippen molar-refractivity contribution < 1.29 is 23.5 Å². The van der Waals surface area contributed by atoms with E-state index in [2.05, 4.69) is 10.1 Å². The molecule has 0 fully saturated rings. The summed E-state index contributed by atoms with van der Waals surface area (Å²) in [6.07, 6.45) is 2.67. The van der Waals surface area contributed by atoms with Crippen LogP contribution in [0.4, 0.5) is 4.39 Å². The van der Waals surface area contributed by atoms with Crippen molar-refractivity contribution in [2.75, 3.05) is 6.61 Å². The summed E-state index contributed by atoms with van der Waals surface area (Å²) in [6, 6.07) is 4.51. The number of rotatable bonds is 7. The molecule has 4 rings (SSSR count). The summed E-state index contributed by atoms with van der Waals surface area (Å²) in [5, 5.41) is 4.58. The first-order valence-electron chi connectivity index (χ1n) is 9.80. The van der Waals surface area contributed by atoms with Gasteiger partial charge in [-0.1, -0.05) is 6.07 Å². The van der Waals surface area contributed by atoms with Crippen LogP contribution in [0.1, 0.15) is 28.6 Å². The molecule has 0 aliphatic carbocycles. The van der Waals surface area contributed by atoms with Crippen LogP contribution in [0.15, 0.2) is 35.5 Å². The quantitative estimate of drug-likeness (QED) is 0.392. The van der Waals surface area contributed by atoms with Crippen molar-refractivity contribution in [1.82, 2.24) is 19.3 Å². The number of hydrogen-bond acceptors (Lipinski definition) is 8. The number of esters is 2. The SMILES string of the molecule is CCOC(=O)c1sc2cccc(F)c2c1COC(=O)CCn1cnc2c(cnn2C)c1=O. The number of hydrogen-bond donors (Lipinski definition) is 0. The molecule has 0 atom stereocenters. The van der Waals surface area contributed by atoms with Gasteiger partial charge in [-0.3, -0.25) is 18.8 Å². The number of thiophene rings is 1. The molecular formula is C21H19FN4O5S. The minimum absolute atomic E-state index is 0.0545. The normalized spacial score (nSPS) is 11.2. The predicted octanol–water partition coefficient (Wildman–Crippen LogP) is 2.79. The van der Waals surface area contributed by atoms with Gasteiger partial charge < -0.3 is 9.47 Å². The Kier molecular flexibility index (Phi) is 5.99. The average Bonchev–Trinajstić information content (AvgIpc) is 3.34. The molecule has 3 aromatic heterocycles. The maximum atomic E-state index is 14.4. The molecule has 0 saturated carbocycles. The van der Waals surface area contributed by atoms with Gasteiger partial charge in [0.1, 0.15) is 22.7 Å². The van der Waals surface area contributed by atoms with Crippen molar-refractivity contribution in [2.24, 2.45) is 7.05 Å². The molecule has 0 aliphatic heterocycles. The summed E-state index contributed by atoms with van der Waals surface area (Å²) < 4.78 is 28.2. The summed E-state index contributed by atoms with van der Waals surface area (Å²) in [5.74, 6) is -1.71. The highest BCUT2D eigenvalue weighted by Gasteiger charge is 2.23. The zero-order chi connectivity index (χ0) is 22.8. The van der Waals surface area contributed by atoms with Crippen LogP contribution in [0.25, 0.3) is 21.1 Å². The van der Waals surface area contributed by atoms with E-state index < -0.39 is 17.8 Å². The number of carbonyl (C=O) groups is 2. The van der Waals surface area contributed by atoms with Crippen LogP contribution in [0.3, 0.4) is 0 Å². The topological polar surface area (TPSA) is 105 Å². The first-order valence-corrected chi connectivity index (χ1v) is 10.6. The standard InChI is InChI=1S/C21H19FN4O5S/c1-3-30-21(29)18-13(17-14(22)5-4-6-15(17)32-18)10-31-16(27)7-8-26-11-23-19-12(20(26)28)9-24-25(19)2/h4-6,9,11H,3,7-8,10H2,1-2H3. The first-order chi connectivity index (χ1) is 15.4. The summed E-state index contributed by atoms with van der Waals surface area (Å²) in [7, 11) is 1.68. The average molecular weight is 458 g/mol. The molecule has 1 aromatic carbocycles. The molecule has 166 valence electrons. The maximum absolute atomic E-state index is 14.4. The Labute approximate surface area is 185 Å². The monoisotopic (exact) mass is 458 g/mol. The van der Waals surface area contributed by atoms with Gasteiger partial charge in [-0.25, -0.2) is 14.2 Å². The molecule has 32 heavy (non-hydrogen) atoms. The number of carbonyl (C=O) groups excluding carboxylic acids is 2. The highest BCUT2D eigenvalue weighted by Crippen LogP contribution is 2.34. The third-order valence-corrected chi connectivity index (χ3v) is 6.05. The first kappa shape index (κ1) is 21.6. The third kappa shape index (κ3) is 3.98. The van der Waals surface area contributed by atoms with Gasteiger partial charge in [-0.15, -0.1) is 11.3 Å². The maximum Gasteiger partial charge on any atom is 0.348 e. The number of fused-ring (bicyclic) bond motifs is 2. The zero-order valence-electron chi connectivity index (χ0n) is 17.3. The zero-order valence-corrected chi connectivity index (χ0v) is 18.1.